The van der Waals surface area contributed by atoms with Crippen molar-refractivity contribution in [1.82, 2.24) is 4.57 Å². The summed E-state index contributed by atoms with van der Waals surface area (Å²) < 4.78 is 6.93. The first kappa shape index (κ1) is 18.8. The van der Waals surface area contributed by atoms with Crippen molar-refractivity contribution < 1.29 is 14.3 Å². The summed E-state index contributed by atoms with van der Waals surface area (Å²) in [6, 6.07) is 7.05. The minimum Gasteiger partial charge on any atom is -0.466 e. The summed E-state index contributed by atoms with van der Waals surface area (Å²) in [6.45, 7) is 4.98. The molecule has 0 aliphatic carbocycles. The zero-order chi connectivity index (χ0) is 18.2. The van der Waals surface area contributed by atoms with Gasteiger partial charge in [-0.15, -0.1) is 0 Å². The molecule has 0 spiro atoms. The maximum Gasteiger partial charge on any atom is 0.305 e. The van der Waals surface area contributed by atoms with Crippen LogP contribution in [0.5, 0.6) is 0 Å². The molecule has 2 aromatic rings. The molecule has 0 saturated heterocycles. The molecule has 0 aliphatic rings. The van der Waals surface area contributed by atoms with Crippen molar-refractivity contribution in [3.8, 4) is 0 Å². The van der Waals surface area contributed by atoms with Gasteiger partial charge in [0.2, 0.25) is 0 Å². The first-order valence-electron chi connectivity index (χ1n) is 8.79. The van der Waals surface area contributed by atoms with Crippen molar-refractivity contribution in [2.45, 2.75) is 46.1 Å². The van der Waals surface area contributed by atoms with E-state index in [9.17, 15) is 9.59 Å². The van der Waals surface area contributed by atoms with Gasteiger partial charge in [-0.3, -0.25) is 9.59 Å². The van der Waals surface area contributed by atoms with Gasteiger partial charge in [-0.25, -0.2) is 0 Å². The Morgan fingerprint density at radius 2 is 2.00 bits per heavy atom. The van der Waals surface area contributed by atoms with Crippen molar-refractivity contribution in [3.63, 3.8) is 0 Å². The molecule has 2 N–H and O–H groups in total. The Kier molecular flexibility index (Phi) is 6.81. The Labute approximate surface area is 148 Å². The number of benzene rings is 1. The molecule has 0 bridgehead atoms. The second kappa shape index (κ2) is 9.06. The fraction of sp³-hybridized carbons (Fsp3) is 0.400. The third kappa shape index (κ3) is 5.21. The normalized spacial score (nSPS) is 10.6. The Bertz CT molecular complexity index is 734. The van der Waals surface area contributed by atoms with E-state index in [0.29, 0.717) is 42.8 Å². The summed E-state index contributed by atoms with van der Waals surface area (Å²) in [6.07, 6.45) is 6.76. The molecule has 1 aromatic carbocycles. The number of aryl methyl sites for hydroxylation is 2. The summed E-state index contributed by atoms with van der Waals surface area (Å²) in [5.41, 5.74) is 8.72. The van der Waals surface area contributed by atoms with E-state index in [1.807, 2.05) is 17.0 Å². The van der Waals surface area contributed by atoms with E-state index >= 15 is 0 Å². The molecule has 5 nitrogen and oxygen atoms in total. The van der Waals surface area contributed by atoms with Crippen LogP contribution in [0.2, 0.25) is 0 Å². The first-order valence-corrected chi connectivity index (χ1v) is 8.79. The van der Waals surface area contributed by atoms with E-state index < -0.39 is 0 Å². The fourth-order valence-corrected chi connectivity index (χ4v) is 2.83. The number of nitrogens with two attached hydrogens (primary N) is 1. The first-order chi connectivity index (χ1) is 12.0. The second-order valence-electron chi connectivity index (χ2n) is 6.05. The van der Waals surface area contributed by atoms with Crippen LogP contribution >= 0.6 is 0 Å². The van der Waals surface area contributed by atoms with Crippen LogP contribution in [0.1, 0.15) is 54.6 Å². The van der Waals surface area contributed by atoms with Gasteiger partial charge in [0.15, 0.2) is 5.78 Å². The predicted octanol–water partition coefficient (Wildman–Crippen LogP) is 3.60. The van der Waals surface area contributed by atoms with Crippen LogP contribution in [-0.2, 0) is 22.5 Å². The molecule has 0 aliphatic heterocycles. The molecule has 5 heteroatoms. The lowest BCUT2D eigenvalue weighted by atomic mass is 10.00. The van der Waals surface area contributed by atoms with E-state index in [1.54, 1.807) is 31.2 Å². The molecule has 0 radical (unpaired) electrons. The summed E-state index contributed by atoms with van der Waals surface area (Å²) in [4.78, 5) is 24.3. The molecule has 0 unspecified atom stereocenters. The molecule has 1 heterocycles. The van der Waals surface area contributed by atoms with Crippen molar-refractivity contribution in [3.05, 3.63) is 53.3 Å². The zero-order valence-corrected chi connectivity index (χ0v) is 15.0. The lowest BCUT2D eigenvalue weighted by molar-refractivity contribution is -0.143. The van der Waals surface area contributed by atoms with Gasteiger partial charge in [0.05, 0.1) is 6.61 Å². The van der Waals surface area contributed by atoms with E-state index in [2.05, 4.69) is 6.92 Å². The van der Waals surface area contributed by atoms with Gasteiger partial charge in [0.25, 0.3) is 0 Å². The Morgan fingerprint density at radius 3 is 2.68 bits per heavy atom. The molecule has 0 saturated carbocycles. The Hall–Kier alpha value is -2.56. The highest BCUT2D eigenvalue weighted by Gasteiger charge is 2.16. The van der Waals surface area contributed by atoms with Crippen LogP contribution in [0.3, 0.4) is 0 Å². The van der Waals surface area contributed by atoms with Crippen LogP contribution in [0.15, 0.2) is 36.7 Å². The smallest absolute Gasteiger partial charge is 0.305 e. The van der Waals surface area contributed by atoms with Gasteiger partial charge < -0.3 is 15.0 Å². The maximum atomic E-state index is 12.8. The average molecular weight is 342 g/mol. The maximum absolute atomic E-state index is 12.8. The van der Waals surface area contributed by atoms with E-state index in [4.69, 9.17) is 10.5 Å². The molecular formula is C20H26N2O3. The van der Waals surface area contributed by atoms with Gasteiger partial charge in [0.1, 0.15) is 0 Å². The number of nitrogens with zero attached hydrogens (tertiary/aromatic N) is 1. The molecule has 1 aromatic heterocycles. The number of nitrogen functional groups attached to an aromatic ring is 1. The topological polar surface area (TPSA) is 74.3 Å². The molecule has 0 fully saturated rings. The summed E-state index contributed by atoms with van der Waals surface area (Å²) in [5, 5.41) is 0. The van der Waals surface area contributed by atoms with E-state index in [0.717, 1.165) is 18.4 Å². The second-order valence-corrected chi connectivity index (χ2v) is 6.05. The van der Waals surface area contributed by atoms with Gasteiger partial charge >= 0.3 is 5.97 Å². The molecule has 2 rings (SSSR count). The number of aromatic nitrogens is 1. The van der Waals surface area contributed by atoms with Crippen molar-refractivity contribution in [2.24, 2.45) is 0 Å². The lowest BCUT2D eigenvalue weighted by Gasteiger charge is -2.03. The number of ether oxygens (including phenoxy) is 1. The Balaban J connectivity index is 2.13. The molecular weight excluding hydrogens is 316 g/mol. The van der Waals surface area contributed by atoms with Crippen LogP contribution in [0.4, 0.5) is 5.69 Å². The fourth-order valence-electron chi connectivity index (χ4n) is 2.83. The number of carbonyl (C=O) groups excluding carboxylic acids is 2. The summed E-state index contributed by atoms with van der Waals surface area (Å²) >= 11 is 0. The molecule has 25 heavy (non-hydrogen) atoms. The number of hydrogen-bond acceptors (Lipinski definition) is 4. The van der Waals surface area contributed by atoms with Gasteiger partial charge in [-0.1, -0.05) is 25.5 Å². The highest BCUT2D eigenvalue weighted by atomic mass is 16.5. The largest absolute Gasteiger partial charge is 0.466 e. The predicted molar refractivity (Wildman–Crippen MR) is 98.6 cm³/mol. The third-order valence-corrected chi connectivity index (χ3v) is 3.98. The van der Waals surface area contributed by atoms with Crippen LogP contribution < -0.4 is 5.73 Å². The minimum absolute atomic E-state index is 0.0140. The van der Waals surface area contributed by atoms with Crippen molar-refractivity contribution in [1.29, 1.82) is 0 Å². The van der Waals surface area contributed by atoms with Gasteiger partial charge in [-0.05, 0) is 37.5 Å². The van der Waals surface area contributed by atoms with Crippen LogP contribution in [-0.4, -0.2) is 22.9 Å². The number of rotatable bonds is 9. The SMILES string of the molecule is CCCc1cn(CCCC(=O)OCC)cc1C(=O)c1cccc(N)c1. The lowest BCUT2D eigenvalue weighted by Crippen LogP contribution is -2.06. The van der Waals surface area contributed by atoms with Crippen LogP contribution in [0.25, 0.3) is 0 Å². The average Bonchev–Trinajstić information content (AvgIpc) is 2.97. The van der Waals surface area contributed by atoms with Gasteiger partial charge in [-0.2, -0.15) is 0 Å². The summed E-state index contributed by atoms with van der Waals surface area (Å²) in [7, 11) is 0. The highest BCUT2D eigenvalue weighted by molar-refractivity contribution is 6.10. The number of carbonyl (C=O) groups is 2. The molecule has 134 valence electrons. The monoisotopic (exact) mass is 342 g/mol. The Morgan fingerprint density at radius 1 is 1.20 bits per heavy atom. The number of anilines is 1. The van der Waals surface area contributed by atoms with Crippen LogP contribution in [0, 0.1) is 0 Å². The third-order valence-electron chi connectivity index (χ3n) is 3.98. The van der Waals surface area contributed by atoms with E-state index in [-0.39, 0.29) is 11.8 Å². The van der Waals surface area contributed by atoms with Gasteiger partial charge in [0, 0.05) is 42.2 Å². The highest BCUT2D eigenvalue weighted by Crippen LogP contribution is 2.19. The molecule has 0 amide bonds. The van der Waals surface area contributed by atoms with E-state index in [1.165, 1.54) is 0 Å². The molecule has 0 atom stereocenters. The quantitative estimate of drug-likeness (QED) is 0.429. The van der Waals surface area contributed by atoms with Crippen molar-refractivity contribution in [2.75, 3.05) is 12.3 Å². The number of hydrogen-bond donors (Lipinski definition) is 1. The number of ketones is 1. The standard InChI is InChI=1S/C20H26N2O3/c1-3-7-16-13-22(11-6-10-19(23)25-4-2)14-18(16)20(24)15-8-5-9-17(21)12-15/h5,8-9,12-14H,3-4,6-7,10-11,21H2,1-2H3. The summed E-state index contributed by atoms with van der Waals surface area (Å²) in [5.74, 6) is -0.195. The van der Waals surface area contributed by atoms with Crippen molar-refractivity contribution >= 4 is 17.4 Å². The number of esters is 1. The minimum atomic E-state index is -0.181. The zero-order valence-electron chi connectivity index (χ0n) is 15.0.